The third-order valence-electron chi connectivity index (χ3n) is 5.20. The van der Waals surface area contributed by atoms with E-state index in [2.05, 4.69) is 58.3 Å². The Balaban J connectivity index is 1.54. The first-order valence-corrected chi connectivity index (χ1v) is 10.4. The lowest BCUT2D eigenvalue weighted by Crippen LogP contribution is -2.48. The highest BCUT2D eigenvalue weighted by Crippen LogP contribution is 2.13. The third kappa shape index (κ3) is 6.12. The van der Waals surface area contributed by atoms with E-state index in [1.54, 1.807) is 6.07 Å². The molecule has 0 radical (unpaired) electrons. The van der Waals surface area contributed by atoms with Crippen molar-refractivity contribution in [3.63, 3.8) is 0 Å². The number of piperazine rings is 1. The quantitative estimate of drug-likeness (QED) is 0.780. The van der Waals surface area contributed by atoms with Gasteiger partial charge in [0, 0.05) is 44.8 Å². The zero-order chi connectivity index (χ0) is 20.6. The second-order valence-electron chi connectivity index (χ2n) is 7.55. The second-order valence-corrected chi connectivity index (χ2v) is 7.55. The molecule has 154 valence electrons. The number of benzene rings is 1. The average molecular weight is 394 g/mol. The fourth-order valence-electron chi connectivity index (χ4n) is 3.30. The Morgan fingerprint density at radius 2 is 1.90 bits per heavy atom. The van der Waals surface area contributed by atoms with Gasteiger partial charge < -0.3 is 10.2 Å². The van der Waals surface area contributed by atoms with Crippen LogP contribution in [0.4, 0.5) is 5.82 Å². The topological polar surface area (TPSA) is 61.4 Å². The minimum Gasteiger partial charge on any atom is -0.368 e. The zero-order valence-corrected chi connectivity index (χ0v) is 17.6. The van der Waals surface area contributed by atoms with Gasteiger partial charge >= 0.3 is 0 Å². The number of aryl methyl sites for hydroxylation is 1. The van der Waals surface area contributed by atoms with Crippen LogP contribution in [0, 0.1) is 6.92 Å². The lowest BCUT2D eigenvalue weighted by molar-refractivity contribution is 0.0644. The molecule has 2 aromatic rings. The number of nitrogens with zero attached hydrogens (tertiary/aromatic N) is 4. The number of aromatic nitrogens is 2. The number of hydrogen-bond donors (Lipinski definition) is 1. The molecule has 1 aliphatic heterocycles. The van der Waals surface area contributed by atoms with E-state index in [1.807, 2.05) is 30.0 Å². The lowest BCUT2D eigenvalue weighted by atomic mass is 10.2. The molecule has 0 aliphatic carbocycles. The van der Waals surface area contributed by atoms with E-state index in [4.69, 9.17) is 0 Å². The molecule has 1 atom stereocenters. The van der Waals surface area contributed by atoms with Crippen LogP contribution in [0.2, 0.25) is 0 Å². The van der Waals surface area contributed by atoms with Crippen molar-refractivity contribution in [1.82, 2.24) is 19.8 Å². The van der Waals surface area contributed by atoms with Crippen molar-refractivity contribution in [3.05, 3.63) is 59.6 Å². The van der Waals surface area contributed by atoms with Crippen LogP contribution in [-0.4, -0.2) is 64.4 Å². The summed E-state index contributed by atoms with van der Waals surface area (Å²) in [7, 11) is 0. The molecule has 6 heteroatoms. The van der Waals surface area contributed by atoms with Crippen LogP contribution >= 0.6 is 0 Å². The van der Waals surface area contributed by atoms with Crippen LogP contribution in [0.1, 0.15) is 42.1 Å². The molecule has 6 nitrogen and oxygen atoms in total. The average Bonchev–Trinajstić information content (AvgIpc) is 2.74. The van der Waals surface area contributed by atoms with Gasteiger partial charge in [-0.3, -0.25) is 9.69 Å². The first-order valence-electron chi connectivity index (χ1n) is 10.4. The maximum atomic E-state index is 12.9. The molecular weight excluding hydrogens is 362 g/mol. The Bertz CT molecular complexity index is 828. The van der Waals surface area contributed by atoms with E-state index in [0.717, 1.165) is 45.0 Å². The molecule has 2 heterocycles. The van der Waals surface area contributed by atoms with Crippen LogP contribution in [0.3, 0.4) is 0 Å². The van der Waals surface area contributed by atoms with E-state index in [1.165, 1.54) is 5.56 Å². The van der Waals surface area contributed by atoms with E-state index >= 15 is 0 Å². The molecule has 1 N–H and O–H groups in total. The third-order valence-corrected chi connectivity index (χ3v) is 5.20. The van der Waals surface area contributed by atoms with Crippen molar-refractivity contribution in [3.8, 4) is 0 Å². The molecule has 1 saturated heterocycles. The van der Waals surface area contributed by atoms with E-state index in [0.29, 0.717) is 17.6 Å². The van der Waals surface area contributed by atoms with E-state index in [9.17, 15) is 4.79 Å². The number of hydrogen-bond acceptors (Lipinski definition) is 5. The van der Waals surface area contributed by atoms with E-state index < -0.39 is 0 Å². The Labute approximate surface area is 173 Å². The first kappa shape index (κ1) is 21.0. The SMILES string of the molecule is CCC(C)Nc1cc(C(=O)N2CCN(C/C=C/c3ccccc3)CC2)nc(C)n1. The van der Waals surface area contributed by atoms with E-state index in [-0.39, 0.29) is 5.91 Å². The predicted octanol–water partition coefficient (Wildman–Crippen LogP) is 3.47. The molecule has 3 rings (SSSR count). The maximum absolute atomic E-state index is 12.9. The molecule has 1 aliphatic rings. The standard InChI is InChI=1S/C23H31N5O/c1-4-18(2)24-22-17-21(25-19(3)26-22)23(29)28-15-13-27(14-16-28)12-8-11-20-9-6-5-7-10-20/h5-11,17-18H,4,12-16H2,1-3H3,(H,24,25,26)/b11-8+. The normalized spacial score (nSPS) is 16.2. The van der Waals surface area contributed by atoms with Gasteiger partial charge in [0.25, 0.3) is 5.91 Å². The van der Waals surface area contributed by atoms with Gasteiger partial charge in [0.1, 0.15) is 17.3 Å². The van der Waals surface area contributed by atoms with Crippen molar-refractivity contribution >= 4 is 17.8 Å². The highest BCUT2D eigenvalue weighted by Gasteiger charge is 2.23. The van der Waals surface area contributed by atoms with Crippen molar-refractivity contribution < 1.29 is 4.79 Å². The Kier molecular flexibility index (Phi) is 7.36. The number of rotatable bonds is 7. The summed E-state index contributed by atoms with van der Waals surface area (Å²) in [5.41, 5.74) is 1.68. The largest absolute Gasteiger partial charge is 0.368 e. The summed E-state index contributed by atoms with van der Waals surface area (Å²) in [6, 6.07) is 12.4. The fourth-order valence-corrected chi connectivity index (χ4v) is 3.30. The number of carbonyl (C=O) groups excluding carboxylic acids is 1. The number of carbonyl (C=O) groups is 1. The van der Waals surface area contributed by atoms with Gasteiger partial charge in [0.15, 0.2) is 0 Å². The van der Waals surface area contributed by atoms with Crippen molar-refractivity contribution in [2.24, 2.45) is 0 Å². The lowest BCUT2D eigenvalue weighted by Gasteiger charge is -2.34. The summed E-state index contributed by atoms with van der Waals surface area (Å²) in [4.78, 5) is 26.0. The van der Waals surface area contributed by atoms with Gasteiger partial charge in [0.05, 0.1) is 0 Å². The van der Waals surface area contributed by atoms with Crippen LogP contribution in [0.5, 0.6) is 0 Å². The molecule has 0 spiro atoms. The highest BCUT2D eigenvalue weighted by atomic mass is 16.2. The Hall–Kier alpha value is -2.73. The van der Waals surface area contributed by atoms with Crippen LogP contribution in [0.25, 0.3) is 6.08 Å². The molecular formula is C23H31N5O. The van der Waals surface area contributed by atoms with Gasteiger partial charge in [-0.15, -0.1) is 0 Å². The second kappa shape index (κ2) is 10.2. The first-order chi connectivity index (χ1) is 14.0. The highest BCUT2D eigenvalue weighted by molar-refractivity contribution is 5.93. The summed E-state index contributed by atoms with van der Waals surface area (Å²) < 4.78 is 0. The smallest absolute Gasteiger partial charge is 0.272 e. The minimum absolute atomic E-state index is 0.0119. The van der Waals surface area contributed by atoms with Gasteiger partial charge in [0.2, 0.25) is 0 Å². The fraction of sp³-hybridized carbons (Fsp3) is 0.435. The van der Waals surface area contributed by atoms with Gasteiger partial charge in [-0.05, 0) is 25.8 Å². The molecule has 1 aromatic heterocycles. The number of amides is 1. The molecule has 1 aromatic carbocycles. The summed E-state index contributed by atoms with van der Waals surface area (Å²) >= 11 is 0. The van der Waals surface area contributed by atoms with Crippen LogP contribution in [-0.2, 0) is 0 Å². The summed E-state index contributed by atoms with van der Waals surface area (Å²) in [6.07, 6.45) is 5.33. The van der Waals surface area contributed by atoms with Crippen molar-refractivity contribution in [2.75, 3.05) is 38.0 Å². The van der Waals surface area contributed by atoms with Crippen molar-refractivity contribution in [1.29, 1.82) is 0 Å². The van der Waals surface area contributed by atoms with Gasteiger partial charge in [-0.25, -0.2) is 9.97 Å². The monoisotopic (exact) mass is 393 g/mol. The van der Waals surface area contributed by atoms with Crippen LogP contribution in [0.15, 0.2) is 42.5 Å². The Morgan fingerprint density at radius 1 is 1.17 bits per heavy atom. The number of anilines is 1. The summed E-state index contributed by atoms with van der Waals surface area (Å²) in [5, 5.41) is 3.34. The van der Waals surface area contributed by atoms with Crippen molar-refractivity contribution in [2.45, 2.75) is 33.2 Å². The Morgan fingerprint density at radius 3 is 2.59 bits per heavy atom. The maximum Gasteiger partial charge on any atom is 0.272 e. The molecule has 1 amide bonds. The number of nitrogens with one attached hydrogen (secondary N) is 1. The zero-order valence-electron chi connectivity index (χ0n) is 17.6. The van der Waals surface area contributed by atoms with Crippen LogP contribution < -0.4 is 5.32 Å². The molecule has 1 fully saturated rings. The van der Waals surface area contributed by atoms with Gasteiger partial charge in [-0.1, -0.05) is 49.4 Å². The van der Waals surface area contributed by atoms with Gasteiger partial charge in [-0.2, -0.15) is 0 Å². The summed E-state index contributed by atoms with van der Waals surface area (Å²) in [5.74, 6) is 1.33. The predicted molar refractivity (Wildman–Crippen MR) is 118 cm³/mol. The minimum atomic E-state index is -0.0119. The molecule has 0 bridgehead atoms. The molecule has 29 heavy (non-hydrogen) atoms. The molecule has 0 saturated carbocycles. The summed E-state index contributed by atoms with van der Waals surface area (Å²) in [6.45, 7) is 10.1. The molecule has 1 unspecified atom stereocenters.